The molecular weight excluding hydrogens is 204 g/mol. The SMILES string of the molecule is CCNS(=O)(=O)N1CCNCC1CN. The Hall–Kier alpha value is -0.210. The van der Waals surface area contributed by atoms with Crippen LogP contribution in [0.3, 0.4) is 0 Å². The lowest BCUT2D eigenvalue weighted by Gasteiger charge is -2.34. The minimum atomic E-state index is -3.33. The largest absolute Gasteiger partial charge is 0.329 e. The molecule has 1 rings (SSSR count). The molecule has 0 bridgehead atoms. The van der Waals surface area contributed by atoms with Crippen molar-refractivity contribution < 1.29 is 8.42 Å². The molecule has 1 aliphatic heterocycles. The molecule has 4 N–H and O–H groups in total. The van der Waals surface area contributed by atoms with Crippen molar-refractivity contribution in [1.82, 2.24) is 14.3 Å². The summed E-state index contributed by atoms with van der Waals surface area (Å²) in [7, 11) is -3.33. The predicted octanol–water partition coefficient (Wildman–Crippen LogP) is -1.93. The van der Waals surface area contributed by atoms with Crippen LogP contribution in [0.5, 0.6) is 0 Å². The van der Waals surface area contributed by atoms with Crippen molar-refractivity contribution in [1.29, 1.82) is 0 Å². The van der Waals surface area contributed by atoms with Crippen LogP contribution in [0.2, 0.25) is 0 Å². The van der Waals surface area contributed by atoms with Crippen LogP contribution < -0.4 is 15.8 Å². The minimum Gasteiger partial charge on any atom is -0.329 e. The maximum atomic E-state index is 11.7. The van der Waals surface area contributed by atoms with E-state index >= 15 is 0 Å². The van der Waals surface area contributed by atoms with E-state index in [-0.39, 0.29) is 6.04 Å². The Bertz CT molecular complexity index is 267. The van der Waals surface area contributed by atoms with Crippen LogP contribution in [0.15, 0.2) is 0 Å². The molecule has 6 nitrogen and oxygen atoms in total. The first-order chi connectivity index (χ1) is 6.61. The second kappa shape index (κ2) is 5.04. The van der Waals surface area contributed by atoms with Crippen LogP contribution in [0.25, 0.3) is 0 Å². The van der Waals surface area contributed by atoms with E-state index in [1.807, 2.05) is 0 Å². The molecule has 1 unspecified atom stereocenters. The van der Waals surface area contributed by atoms with Gasteiger partial charge in [-0.05, 0) is 0 Å². The summed E-state index contributed by atoms with van der Waals surface area (Å²) >= 11 is 0. The van der Waals surface area contributed by atoms with Gasteiger partial charge in [0, 0.05) is 32.7 Å². The average Bonchev–Trinajstić information content (AvgIpc) is 2.18. The van der Waals surface area contributed by atoms with Gasteiger partial charge in [0.1, 0.15) is 0 Å². The van der Waals surface area contributed by atoms with Crippen molar-refractivity contribution in [2.75, 3.05) is 32.7 Å². The van der Waals surface area contributed by atoms with E-state index in [0.29, 0.717) is 32.7 Å². The zero-order chi connectivity index (χ0) is 10.6. The van der Waals surface area contributed by atoms with E-state index in [0.717, 1.165) is 0 Å². The van der Waals surface area contributed by atoms with Crippen LogP contribution in [0.1, 0.15) is 6.92 Å². The van der Waals surface area contributed by atoms with Crippen molar-refractivity contribution in [2.45, 2.75) is 13.0 Å². The fraction of sp³-hybridized carbons (Fsp3) is 1.00. The zero-order valence-corrected chi connectivity index (χ0v) is 9.18. The van der Waals surface area contributed by atoms with Crippen molar-refractivity contribution >= 4 is 10.2 Å². The lowest BCUT2D eigenvalue weighted by Crippen LogP contribution is -2.58. The first kappa shape index (κ1) is 11.9. The van der Waals surface area contributed by atoms with Gasteiger partial charge in [0.05, 0.1) is 6.04 Å². The summed E-state index contributed by atoms with van der Waals surface area (Å²) in [4.78, 5) is 0. The third-order valence-corrected chi connectivity index (χ3v) is 3.96. The van der Waals surface area contributed by atoms with E-state index in [1.165, 1.54) is 4.31 Å². The maximum absolute atomic E-state index is 11.7. The van der Waals surface area contributed by atoms with E-state index in [2.05, 4.69) is 10.0 Å². The van der Waals surface area contributed by atoms with Crippen LogP contribution in [0, 0.1) is 0 Å². The second-order valence-electron chi connectivity index (χ2n) is 3.21. The molecule has 0 radical (unpaired) electrons. The second-order valence-corrected chi connectivity index (χ2v) is 4.92. The van der Waals surface area contributed by atoms with E-state index in [4.69, 9.17) is 5.73 Å². The summed E-state index contributed by atoms with van der Waals surface area (Å²) in [6.07, 6.45) is 0. The number of piperazine rings is 1. The molecule has 1 saturated heterocycles. The van der Waals surface area contributed by atoms with Crippen LogP contribution in [-0.2, 0) is 10.2 Å². The molecular formula is C7H18N4O2S. The van der Waals surface area contributed by atoms with Gasteiger partial charge in [-0.15, -0.1) is 0 Å². The average molecular weight is 222 g/mol. The van der Waals surface area contributed by atoms with Crippen molar-refractivity contribution in [2.24, 2.45) is 5.73 Å². The van der Waals surface area contributed by atoms with Crippen LogP contribution in [-0.4, -0.2) is 51.5 Å². The summed E-state index contributed by atoms with van der Waals surface area (Å²) in [5.74, 6) is 0. The van der Waals surface area contributed by atoms with Gasteiger partial charge in [0.2, 0.25) is 0 Å². The summed E-state index contributed by atoms with van der Waals surface area (Å²) in [5.41, 5.74) is 5.51. The Morgan fingerprint density at radius 2 is 2.36 bits per heavy atom. The molecule has 0 aromatic rings. The van der Waals surface area contributed by atoms with Crippen molar-refractivity contribution in [3.63, 3.8) is 0 Å². The molecule has 0 amide bonds. The molecule has 0 aromatic carbocycles. The molecule has 1 aliphatic rings. The number of hydrogen-bond donors (Lipinski definition) is 3. The standard InChI is InChI=1S/C7H18N4O2S/c1-2-10-14(12,13)11-4-3-9-6-7(11)5-8/h7,9-10H,2-6,8H2,1H3. The highest BCUT2D eigenvalue weighted by atomic mass is 32.2. The molecule has 0 spiro atoms. The molecule has 1 fully saturated rings. The lowest BCUT2D eigenvalue weighted by molar-refractivity contribution is 0.269. The Kier molecular flexibility index (Phi) is 4.27. The molecule has 14 heavy (non-hydrogen) atoms. The van der Waals surface area contributed by atoms with Gasteiger partial charge >= 0.3 is 0 Å². The van der Waals surface area contributed by atoms with Gasteiger partial charge in [0.25, 0.3) is 10.2 Å². The summed E-state index contributed by atoms with van der Waals surface area (Å²) in [6.45, 7) is 4.30. The highest BCUT2D eigenvalue weighted by Gasteiger charge is 2.30. The monoisotopic (exact) mass is 222 g/mol. The Balaban J connectivity index is 2.72. The first-order valence-electron chi connectivity index (χ1n) is 4.79. The number of nitrogens with zero attached hydrogens (tertiary/aromatic N) is 1. The molecule has 84 valence electrons. The summed E-state index contributed by atoms with van der Waals surface area (Å²) < 4.78 is 27.3. The third kappa shape index (κ3) is 2.64. The normalized spacial score (nSPS) is 25.1. The van der Waals surface area contributed by atoms with E-state index < -0.39 is 10.2 Å². The Morgan fingerprint density at radius 1 is 1.64 bits per heavy atom. The number of hydrogen-bond acceptors (Lipinski definition) is 4. The number of rotatable bonds is 4. The minimum absolute atomic E-state index is 0.132. The lowest BCUT2D eigenvalue weighted by atomic mass is 10.2. The number of nitrogens with one attached hydrogen (secondary N) is 2. The molecule has 0 aromatic heterocycles. The topological polar surface area (TPSA) is 87.5 Å². The zero-order valence-electron chi connectivity index (χ0n) is 8.36. The summed E-state index contributed by atoms with van der Waals surface area (Å²) in [5, 5.41) is 3.12. The van der Waals surface area contributed by atoms with Crippen LogP contribution >= 0.6 is 0 Å². The van der Waals surface area contributed by atoms with E-state index in [9.17, 15) is 8.42 Å². The number of nitrogens with two attached hydrogens (primary N) is 1. The molecule has 7 heteroatoms. The van der Waals surface area contributed by atoms with Gasteiger partial charge < -0.3 is 11.1 Å². The third-order valence-electron chi connectivity index (χ3n) is 2.20. The quantitative estimate of drug-likeness (QED) is 0.517. The van der Waals surface area contributed by atoms with Crippen molar-refractivity contribution in [3.05, 3.63) is 0 Å². The predicted molar refractivity (Wildman–Crippen MR) is 55.0 cm³/mol. The Morgan fingerprint density at radius 3 is 2.93 bits per heavy atom. The first-order valence-corrected chi connectivity index (χ1v) is 6.23. The molecule has 0 aliphatic carbocycles. The summed E-state index contributed by atoms with van der Waals surface area (Å²) in [6, 6.07) is -0.132. The highest BCUT2D eigenvalue weighted by molar-refractivity contribution is 7.87. The smallest absolute Gasteiger partial charge is 0.279 e. The fourth-order valence-corrected chi connectivity index (χ4v) is 2.94. The molecule has 1 atom stereocenters. The molecule has 0 saturated carbocycles. The van der Waals surface area contributed by atoms with Gasteiger partial charge in [-0.2, -0.15) is 12.7 Å². The highest BCUT2D eigenvalue weighted by Crippen LogP contribution is 2.06. The van der Waals surface area contributed by atoms with Crippen molar-refractivity contribution in [3.8, 4) is 0 Å². The Labute approximate surface area is 85.0 Å². The van der Waals surface area contributed by atoms with Gasteiger partial charge in [-0.1, -0.05) is 6.92 Å². The van der Waals surface area contributed by atoms with Gasteiger partial charge in [-0.25, -0.2) is 4.72 Å². The van der Waals surface area contributed by atoms with Crippen LogP contribution in [0.4, 0.5) is 0 Å². The van der Waals surface area contributed by atoms with Gasteiger partial charge in [0.15, 0.2) is 0 Å². The fourth-order valence-electron chi connectivity index (χ4n) is 1.52. The van der Waals surface area contributed by atoms with Gasteiger partial charge in [-0.3, -0.25) is 0 Å². The maximum Gasteiger partial charge on any atom is 0.279 e. The molecule has 1 heterocycles. The van der Waals surface area contributed by atoms with E-state index in [1.54, 1.807) is 6.92 Å².